The molecule has 0 saturated heterocycles. The van der Waals surface area contributed by atoms with Gasteiger partial charge in [0.25, 0.3) is 0 Å². The zero-order valence-corrected chi connectivity index (χ0v) is 16.7. The third kappa shape index (κ3) is 4.28. The number of anilines is 2. The van der Waals surface area contributed by atoms with Gasteiger partial charge in [-0.15, -0.1) is 0 Å². The highest BCUT2D eigenvalue weighted by Gasteiger charge is 2.11. The lowest BCUT2D eigenvalue weighted by atomic mass is 10.1. The Balaban J connectivity index is 1.67. The largest absolute Gasteiger partial charge is 0.489 e. The second-order valence-electron chi connectivity index (χ2n) is 6.31. The van der Waals surface area contributed by atoms with Crippen LogP contribution in [0.3, 0.4) is 0 Å². The number of hydrogen-bond donors (Lipinski definition) is 1. The highest BCUT2D eigenvalue weighted by molar-refractivity contribution is 6.33. The first kappa shape index (κ1) is 19.1. The molecule has 4 aromatic rings. The number of methoxy groups -OCH3 is 1. The monoisotopic (exact) mass is 410 g/mol. The van der Waals surface area contributed by atoms with E-state index in [2.05, 4.69) is 25.4 Å². The summed E-state index contributed by atoms with van der Waals surface area (Å²) in [6.07, 6.45) is 7.08. The van der Waals surface area contributed by atoms with E-state index in [4.69, 9.17) is 21.1 Å². The molecule has 148 valence electrons. The highest BCUT2D eigenvalue weighted by atomic mass is 35.5. The molecular formula is C20H19ClN6O2. The summed E-state index contributed by atoms with van der Waals surface area (Å²) in [5, 5.41) is 8.58. The van der Waals surface area contributed by atoms with Crippen molar-refractivity contribution in [3.8, 4) is 16.9 Å². The summed E-state index contributed by atoms with van der Waals surface area (Å²) in [4.78, 5) is 12.9. The van der Waals surface area contributed by atoms with Crippen molar-refractivity contribution in [3.63, 3.8) is 0 Å². The molecular weight excluding hydrogens is 392 g/mol. The molecule has 1 aromatic carbocycles. The number of ether oxygens (including phenoxy) is 2. The van der Waals surface area contributed by atoms with Crippen LogP contribution in [0.25, 0.3) is 22.0 Å². The molecule has 0 spiro atoms. The van der Waals surface area contributed by atoms with Crippen molar-refractivity contribution in [2.45, 2.75) is 0 Å². The Bertz CT molecular complexity index is 1150. The van der Waals surface area contributed by atoms with Crippen LogP contribution >= 0.6 is 11.6 Å². The van der Waals surface area contributed by atoms with Gasteiger partial charge in [0.1, 0.15) is 17.9 Å². The fourth-order valence-corrected chi connectivity index (χ4v) is 3.04. The van der Waals surface area contributed by atoms with Gasteiger partial charge < -0.3 is 14.8 Å². The normalized spacial score (nSPS) is 11.0. The Morgan fingerprint density at radius 1 is 1.10 bits per heavy atom. The number of nitrogens with zero attached hydrogens (tertiary/aromatic N) is 5. The predicted octanol–water partition coefficient (Wildman–Crippen LogP) is 3.85. The van der Waals surface area contributed by atoms with Gasteiger partial charge in [0.05, 0.1) is 18.5 Å². The lowest BCUT2D eigenvalue weighted by Gasteiger charge is -2.14. The molecule has 3 aromatic heterocycles. The Morgan fingerprint density at radius 3 is 2.79 bits per heavy atom. The number of aryl methyl sites for hydroxylation is 1. The minimum Gasteiger partial charge on any atom is -0.489 e. The molecule has 9 heteroatoms. The van der Waals surface area contributed by atoms with E-state index in [1.54, 1.807) is 24.2 Å². The second kappa shape index (κ2) is 8.42. The molecule has 1 N–H and O–H groups in total. The average Bonchev–Trinajstić information content (AvgIpc) is 3.16. The van der Waals surface area contributed by atoms with Crippen LogP contribution in [0.1, 0.15) is 0 Å². The number of aromatic nitrogens is 5. The first-order valence-corrected chi connectivity index (χ1v) is 9.31. The predicted molar refractivity (Wildman–Crippen MR) is 112 cm³/mol. The van der Waals surface area contributed by atoms with Crippen molar-refractivity contribution in [2.24, 2.45) is 7.05 Å². The quantitative estimate of drug-likeness (QED) is 0.365. The minimum absolute atomic E-state index is 0.330. The maximum Gasteiger partial charge on any atom is 0.227 e. The number of halogens is 1. The van der Waals surface area contributed by atoms with Gasteiger partial charge in [-0.25, -0.2) is 15.0 Å². The van der Waals surface area contributed by atoms with Crippen LogP contribution in [0.15, 0.2) is 49.1 Å². The van der Waals surface area contributed by atoms with E-state index in [-0.39, 0.29) is 0 Å². The van der Waals surface area contributed by atoms with Gasteiger partial charge in [-0.3, -0.25) is 4.68 Å². The summed E-state index contributed by atoms with van der Waals surface area (Å²) >= 11 is 6.16. The first-order valence-electron chi connectivity index (χ1n) is 8.93. The van der Waals surface area contributed by atoms with Gasteiger partial charge in [-0.1, -0.05) is 17.7 Å². The molecule has 29 heavy (non-hydrogen) atoms. The summed E-state index contributed by atoms with van der Waals surface area (Å²) in [7, 11) is 3.52. The lowest BCUT2D eigenvalue weighted by molar-refractivity contribution is 0.146. The van der Waals surface area contributed by atoms with Crippen molar-refractivity contribution in [1.29, 1.82) is 0 Å². The zero-order valence-electron chi connectivity index (χ0n) is 16.0. The molecule has 0 saturated carbocycles. The van der Waals surface area contributed by atoms with E-state index in [0.29, 0.717) is 35.6 Å². The molecule has 3 heterocycles. The topological polar surface area (TPSA) is 87.0 Å². The van der Waals surface area contributed by atoms with Crippen LogP contribution in [-0.4, -0.2) is 45.1 Å². The van der Waals surface area contributed by atoms with Crippen LogP contribution in [0, 0.1) is 0 Å². The maximum absolute atomic E-state index is 6.16. The standard InChI is InChI=1S/C20H19ClN6O2/c1-27-12-15(11-24-27)13-3-4-16(17(9-13)29-8-7-28-2)25-20-23-10-14-5-6-22-19(21)18(14)26-20/h3-6,9-12H,7-8H2,1-2H3,(H,23,25,26). The van der Waals surface area contributed by atoms with Gasteiger partial charge in [-0.2, -0.15) is 5.10 Å². The number of nitrogens with one attached hydrogen (secondary N) is 1. The van der Waals surface area contributed by atoms with E-state index in [9.17, 15) is 0 Å². The molecule has 0 atom stereocenters. The maximum atomic E-state index is 6.16. The van der Waals surface area contributed by atoms with Crippen LogP contribution in [0.5, 0.6) is 5.75 Å². The summed E-state index contributed by atoms with van der Waals surface area (Å²) in [6.45, 7) is 0.889. The fraction of sp³-hybridized carbons (Fsp3) is 0.200. The fourth-order valence-electron chi connectivity index (χ4n) is 2.83. The molecule has 8 nitrogen and oxygen atoms in total. The number of benzene rings is 1. The van der Waals surface area contributed by atoms with Crippen molar-refractivity contribution < 1.29 is 9.47 Å². The minimum atomic E-state index is 0.330. The number of rotatable bonds is 7. The number of fused-ring (bicyclic) bond motifs is 1. The molecule has 0 aliphatic rings. The summed E-state index contributed by atoms with van der Waals surface area (Å²) < 4.78 is 12.8. The van der Waals surface area contributed by atoms with Gasteiger partial charge >= 0.3 is 0 Å². The van der Waals surface area contributed by atoms with Gasteiger partial charge in [0.15, 0.2) is 5.15 Å². The van der Waals surface area contributed by atoms with E-state index < -0.39 is 0 Å². The smallest absolute Gasteiger partial charge is 0.227 e. The average molecular weight is 411 g/mol. The second-order valence-corrected chi connectivity index (χ2v) is 6.67. The van der Waals surface area contributed by atoms with Crippen LogP contribution in [0.4, 0.5) is 11.6 Å². The van der Waals surface area contributed by atoms with Crippen molar-refractivity contribution in [3.05, 3.63) is 54.2 Å². The molecule has 0 aliphatic heterocycles. The van der Waals surface area contributed by atoms with E-state index in [0.717, 1.165) is 22.2 Å². The van der Waals surface area contributed by atoms with Crippen molar-refractivity contribution in [2.75, 3.05) is 25.6 Å². The Kier molecular flexibility index (Phi) is 5.55. The third-order valence-electron chi connectivity index (χ3n) is 4.27. The Labute approximate surface area is 172 Å². The summed E-state index contributed by atoms with van der Waals surface area (Å²) in [5.74, 6) is 1.06. The van der Waals surface area contributed by atoms with E-state index in [1.807, 2.05) is 43.7 Å². The summed E-state index contributed by atoms with van der Waals surface area (Å²) in [5.41, 5.74) is 3.30. The molecule has 0 radical (unpaired) electrons. The van der Waals surface area contributed by atoms with Crippen LogP contribution in [-0.2, 0) is 11.8 Å². The van der Waals surface area contributed by atoms with Gasteiger partial charge in [0.2, 0.25) is 5.95 Å². The van der Waals surface area contributed by atoms with Crippen LogP contribution in [0.2, 0.25) is 5.15 Å². The SMILES string of the molecule is COCCOc1cc(-c2cnn(C)c2)ccc1Nc1ncc2ccnc(Cl)c2n1. The Morgan fingerprint density at radius 2 is 2.00 bits per heavy atom. The van der Waals surface area contributed by atoms with Crippen LogP contribution < -0.4 is 10.1 Å². The van der Waals surface area contributed by atoms with Gasteiger partial charge in [-0.05, 0) is 23.8 Å². The van der Waals surface area contributed by atoms with Gasteiger partial charge in [0, 0.05) is 43.7 Å². The number of pyridine rings is 1. The Hall–Kier alpha value is -3.23. The van der Waals surface area contributed by atoms with E-state index >= 15 is 0 Å². The molecule has 4 rings (SSSR count). The zero-order chi connectivity index (χ0) is 20.2. The lowest BCUT2D eigenvalue weighted by Crippen LogP contribution is -2.07. The van der Waals surface area contributed by atoms with E-state index in [1.165, 1.54) is 0 Å². The molecule has 0 fully saturated rings. The summed E-state index contributed by atoms with van der Waals surface area (Å²) in [6, 6.07) is 7.67. The molecule has 0 unspecified atom stereocenters. The highest BCUT2D eigenvalue weighted by Crippen LogP contribution is 2.32. The first-order chi connectivity index (χ1) is 14.1. The molecule has 0 bridgehead atoms. The van der Waals surface area contributed by atoms with Crippen molar-refractivity contribution >= 4 is 34.1 Å². The molecule has 0 amide bonds. The molecule has 0 aliphatic carbocycles. The van der Waals surface area contributed by atoms with Crippen molar-refractivity contribution in [1.82, 2.24) is 24.7 Å². The number of hydrogen-bond acceptors (Lipinski definition) is 7. The third-order valence-corrected chi connectivity index (χ3v) is 4.54.